The van der Waals surface area contributed by atoms with Gasteiger partial charge in [0.2, 0.25) is 0 Å². The number of rotatable bonds is 5. The first-order valence-electron chi connectivity index (χ1n) is 9.55. The lowest BCUT2D eigenvalue weighted by molar-refractivity contribution is 0.0951. The van der Waals surface area contributed by atoms with Gasteiger partial charge in [0, 0.05) is 43.1 Å². The zero-order valence-corrected chi connectivity index (χ0v) is 15.4. The van der Waals surface area contributed by atoms with Crippen molar-refractivity contribution in [2.75, 3.05) is 36.4 Å². The van der Waals surface area contributed by atoms with E-state index in [1.54, 1.807) is 0 Å². The predicted octanol–water partition coefficient (Wildman–Crippen LogP) is 2.59. The molecule has 140 valence electrons. The van der Waals surface area contributed by atoms with Crippen molar-refractivity contribution < 1.29 is 4.79 Å². The molecule has 6 nitrogen and oxygen atoms in total. The SMILES string of the molecule is O=C(NCc1ccc(NC2=NCCN2)cc1)c1ccc(N2CCCC2)cc1. The highest BCUT2D eigenvalue weighted by Crippen LogP contribution is 2.20. The van der Waals surface area contributed by atoms with E-state index in [1.807, 2.05) is 48.5 Å². The maximum Gasteiger partial charge on any atom is 0.251 e. The fourth-order valence-electron chi connectivity index (χ4n) is 3.41. The van der Waals surface area contributed by atoms with E-state index in [0.29, 0.717) is 12.1 Å². The third kappa shape index (κ3) is 4.39. The second kappa shape index (κ2) is 8.12. The first-order chi connectivity index (χ1) is 13.3. The summed E-state index contributed by atoms with van der Waals surface area (Å²) in [5, 5.41) is 9.40. The quantitative estimate of drug-likeness (QED) is 0.764. The minimum Gasteiger partial charge on any atom is -0.372 e. The number of guanidine groups is 1. The number of benzene rings is 2. The molecule has 3 N–H and O–H groups in total. The fraction of sp³-hybridized carbons (Fsp3) is 0.333. The summed E-state index contributed by atoms with van der Waals surface area (Å²) in [7, 11) is 0. The average Bonchev–Trinajstić information content (AvgIpc) is 3.42. The third-order valence-corrected chi connectivity index (χ3v) is 4.94. The lowest BCUT2D eigenvalue weighted by Gasteiger charge is -2.17. The Hall–Kier alpha value is -3.02. The summed E-state index contributed by atoms with van der Waals surface area (Å²) in [6, 6.07) is 15.9. The predicted molar refractivity (Wildman–Crippen MR) is 109 cm³/mol. The number of nitrogens with zero attached hydrogens (tertiary/aromatic N) is 2. The topological polar surface area (TPSA) is 68.8 Å². The Labute approximate surface area is 159 Å². The van der Waals surface area contributed by atoms with Crippen molar-refractivity contribution >= 4 is 23.2 Å². The molecular weight excluding hydrogens is 338 g/mol. The van der Waals surface area contributed by atoms with Crippen LogP contribution in [0.2, 0.25) is 0 Å². The zero-order chi connectivity index (χ0) is 18.5. The van der Waals surface area contributed by atoms with Gasteiger partial charge in [-0.15, -0.1) is 0 Å². The van der Waals surface area contributed by atoms with Crippen LogP contribution >= 0.6 is 0 Å². The van der Waals surface area contributed by atoms with Crippen LogP contribution in [0, 0.1) is 0 Å². The molecule has 27 heavy (non-hydrogen) atoms. The molecule has 1 amide bonds. The molecule has 4 rings (SSSR count). The van der Waals surface area contributed by atoms with Gasteiger partial charge in [-0.25, -0.2) is 0 Å². The average molecular weight is 363 g/mol. The van der Waals surface area contributed by atoms with Crippen molar-refractivity contribution in [3.8, 4) is 0 Å². The molecule has 0 spiro atoms. The molecule has 0 atom stereocenters. The Morgan fingerprint density at radius 2 is 1.78 bits per heavy atom. The number of hydrogen-bond acceptors (Lipinski definition) is 5. The Morgan fingerprint density at radius 3 is 2.44 bits per heavy atom. The number of anilines is 2. The van der Waals surface area contributed by atoms with Crippen molar-refractivity contribution in [3.05, 3.63) is 59.7 Å². The van der Waals surface area contributed by atoms with Crippen LogP contribution in [-0.4, -0.2) is 38.0 Å². The zero-order valence-electron chi connectivity index (χ0n) is 15.4. The molecule has 2 heterocycles. The number of amides is 1. The van der Waals surface area contributed by atoms with E-state index in [9.17, 15) is 4.79 Å². The van der Waals surface area contributed by atoms with Crippen LogP contribution in [0.4, 0.5) is 11.4 Å². The second-order valence-corrected chi connectivity index (χ2v) is 6.90. The standard InChI is InChI=1S/C21H25N5O/c27-20(17-5-9-19(10-6-17)26-13-1-2-14-26)24-15-16-3-7-18(8-4-16)25-21-22-11-12-23-21/h3-10H,1-2,11-15H2,(H,24,27)(H2,22,23,25). The number of carbonyl (C=O) groups is 1. The van der Waals surface area contributed by atoms with Crippen LogP contribution in [0.3, 0.4) is 0 Å². The Balaban J connectivity index is 1.29. The summed E-state index contributed by atoms with van der Waals surface area (Å²) in [4.78, 5) is 19.1. The summed E-state index contributed by atoms with van der Waals surface area (Å²) in [6.07, 6.45) is 2.50. The molecule has 2 aromatic carbocycles. The van der Waals surface area contributed by atoms with E-state index in [2.05, 4.69) is 25.8 Å². The van der Waals surface area contributed by atoms with Crippen LogP contribution in [-0.2, 0) is 6.54 Å². The summed E-state index contributed by atoms with van der Waals surface area (Å²) < 4.78 is 0. The molecule has 1 fully saturated rings. The van der Waals surface area contributed by atoms with Crippen molar-refractivity contribution in [2.24, 2.45) is 4.99 Å². The van der Waals surface area contributed by atoms with Gasteiger partial charge in [-0.1, -0.05) is 12.1 Å². The van der Waals surface area contributed by atoms with Gasteiger partial charge in [0.15, 0.2) is 5.96 Å². The largest absolute Gasteiger partial charge is 0.372 e. The van der Waals surface area contributed by atoms with E-state index in [1.165, 1.54) is 18.5 Å². The third-order valence-electron chi connectivity index (χ3n) is 4.94. The van der Waals surface area contributed by atoms with Gasteiger partial charge in [-0.2, -0.15) is 0 Å². The van der Waals surface area contributed by atoms with E-state index in [0.717, 1.165) is 43.4 Å². The van der Waals surface area contributed by atoms with E-state index in [4.69, 9.17) is 0 Å². The summed E-state index contributed by atoms with van der Waals surface area (Å²) in [5.74, 6) is 0.767. The van der Waals surface area contributed by atoms with Gasteiger partial charge in [0.25, 0.3) is 5.91 Å². The molecule has 0 aromatic heterocycles. The molecular formula is C21H25N5O. The number of carbonyl (C=O) groups excluding carboxylic acids is 1. The molecule has 0 bridgehead atoms. The van der Waals surface area contributed by atoms with E-state index >= 15 is 0 Å². The highest BCUT2D eigenvalue weighted by molar-refractivity contribution is 5.95. The molecule has 0 aliphatic carbocycles. The highest BCUT2D eigenvalue weighted by Gasteiger charge is 2.13. The monoisotopic (exact) mass is 363 g/mol. The summed E-state index contributed by atoms with van der Waals surface area (Å²) >= 11 is 0. The smallest absolute Gasteiger partial charge is 0.251 e. The van der Waals surface area contributed by atoms with Crippen LogP contribution in [0.25, 0.3) is 0 Å². The highest BCUT2D eigenvalue weighted by atomic mass is 16.1. The van der Waals surface area contributed by atoms with Gasteiger partial charge in [0.1, 0.15) is 0 Å². The van der Waals surface area contributed by atoms with Crippen LogP contribution in [0.5, 0.6) is 0 Å². The van der Waals surface area contributed by atoms with Gasteiger partial charge in [-0.05, 0) is 54.8 Å². The van der Waals surface area contributed by atoms with Crippen molar-refractivity contribution in [1.29, 1.82) is 0 Å². The fourth-order valence-corrected chi connectivity index (χ4v) is 3.41. The number of aliphatic imine (C=N–C) groups is 1. The summed E-state index contributed by atoms with van der Waals surface area (Å²) in [6.45, 7) is 4.42. The van der Waals surface area contributed by atoms with Gasteiger partial charge >= 0.3 is 0 Å². The van der Waals surface area contributed by atoms with Crippen LogP contribution < -0.4 is 20.9 Å². The number of hydrogen-bond donors (Lipinski definition) is 3. The van der Waals surface area contributed by atoms with Gasteiger partial charge in [0.05, 0.1) is 6.54 Å². The second-order valence-electron chi connectivity index (χ2n) is 6.90. The maximum atomic E-state index is 12.4. The normalized spacial score (nSPS) is 16.0. The molecule has 2 aromatic rings. The first-order valence-corrected chi connectivity index (χ1v) is 9.55. The Bertz CT molecular complexity index is 807. The van der Waals surface area contributed by atoms with Gasteiger partial charge < -0.3 is 20.9 Å². The molecule has 0 radical (unpaired) electrons. The lowest BCUT2D eigenvalue weighted by atomic mass is 10.1. The van der Waals surface area contributed by atoms with Crippen molar-refractivity contribution in [1.82, 2.24) is 10.6 Å². The Kier molecular flexibility index (Phi) is 5.23. The van der Waals surface area contributed by atoms with Crippen molar-refractivity contribution in [3.63, 3.8) is 0 Å². The maximum absolute atomic E-state index is 12.4. The first kappa shape index (κ1) is 17.4. The molecule has 2 aliphatic heterocycles. The van der Waals surface area contributed by atoms with E-state index in [-0.39, 0.29) is 5.91 Å². The van der Waals surface area contributed by atoms with Crippen LogP contribution in [0.1, 0.15) is 28.8 Å². The minimum absolute atomic E-state index is 0.0466. The lowest BCUT2D eigenvalue weighted by Crippen LogP contribution is -2.26. The molecule has 0 unspecified atom stereocenters. The van der Waals surface area contributed by atoms with Crippen LogP contribution in [0.15, 0.2) is 53.5 Å². The minimum atomic E-state index is -0.0466. The number of nitrogens with one attached hydrogen (secondary N) is 3. The molecule has 2 aliphatic rings. The van der Waals surface area contributed by atoms with Crippen molar-refractivity contribution in [2.45, 2.75) is 19.4 Å². The summed E-state index contributed by atoms with van der Waals surface area (Å²) in [5.41, 5.74) is 3.94. The molecule has 0 saturated carbocycles. The molecule has 1 saturated heterocycles. The van der Waals surface area contributed by atoms with E-state index < -0.39 is 0 Å². The Morgan fingerprint density at radius 1 is 1.04 bits per heavy atom. The molecule has 6 heteroatoms. The van der Waals surface area contributed by atoms with Gasteiger partial charge in [-0.3, -0.25) is 9.79 Å².